The van der Waals surface area contributed by atoms with Gasteiger partial charge in [0.05, 0.1) is 23.6 Å². The van der Waals surface area contributed by atoms with Gasteiger partial charge in [-0.2, -0.15) is 0 Å². The minimum Gasteiger partial charge on any atom is -0.491 e. The summed E-state index contributed by atoms with van der Waals surface area (Å²) in [4.78, 5) is 11.7. The molecule has 24 heavy (non-hydrogen) atoms. The van der Waals surface area contributed by atoms with Crippen LogP contribution in [-0.2, 0) is 14.8 Å². The zero-order valence-corrected chi connectivity index (χ0v) is 14.2. The van der Waals surface area contributed by atoms with Gasteiger partial charge in [0.25, 0.3) is 10.0 Å². The molecule has 0 radical (unpaired) electrons. The summed E-state index contributed by atoms with van der Waals surface area (Å²) in [6.45, 7) is 4.08. The Morgan fingerprint density at radius 2 is 1.79 bits per heavy atom. The topological polar surface area (TPSA) is 84.5 Å². The maximum atomic E-state index is 12.6. The van der Waals surface area contributed by atoms with E-state index in [0.717, 1.165) is 11.1 Å². The van der Waals surface area contributed by atoms with Crippen molar-refractivity contribution in [1.82, 2.24) is 0 Å². The third-order valence-corrected chi connectivity index (χ3v) is 4.97. The smallest absolute Gasteiger partial charge is 0.261 e. The molecule has 2 aromatic carbocycles. The van der Waals surface area contributed by atoms with Crippen molar-refractivity contribution in [2.75, 3.05) is 16.6 Å². The fraction of sp³-hybridized carbons (Fsp3) is 0.235. The van der Waals surface area contributed by atoms with Gasteiger partial charge in [-0.1, -0.05) is 6.07 Å². The van der Waals surface area contributed by atoms with Gasteiger partial charge in [-0.25, -0.2) is 8.42 Å². The fourth-order valence-electron chi connectivity index (χ4n) is 2.61. The zero-order valence-electron chi connectivity index (χ0n) is 13.4. The number of anilines is 2. The molecule has 0 bridgehead atoms. The van der Waals surface area contributed by atoms with Gasteiger partial charge >= 0.3 is 0 Å². The summed E-state index contributed by atoms with van der Waals surface area (Å²) in [6, 6.07) is 9.91. The summed E-state index contributed by atoms with van der Waals surface area (Å²) < 4.78 is 33.2. The van der Waals surface area contributed by atoms with Crippen LogP contribution in [0.4, 0.5) is 11.4 Å². The molecule has 2 aromatic rings. The summed E-state index contributed by atoms with van der Waals surface area (Å²) in [5.74, 6) is 0.261. The third kappa shape index (κ3) is 3.51. The predicted octanol–water partition coefficient (Wildman–Crippen LogP) is 2.83. The van der Waals surface area contributed by atoms with E-state index in [0.29, 0.717) is 17.1 Å². The highest BCUT2D eigenvalue weighted by Crippen LogP contribution is 2.30. The van der Waals surface area contributed by atoms with E-state index >= 15 is 0 Å². The zero-order chi connectivity index (χ0) is 17.3. The predicted molar refractivity (Wildman–Crippen MR) is 91.9 cm³/mol. The molecular weight excluding hydrogens is 328 g/mol. The Balaban J connectivity index is 1.94. The fourth-order valence-corrected chi connectivity index (χ4v) is 3.68. The Morgan fingerprint density at radius 3 is 2.50 bits per heavy atom. The highest BCUT2D eigenvalue weighted by atomic mass is 32.2. The molecule has 2 N–H and O–H groups in total. The number of aryl methyl sites for hydroxylation is 2. The van der Waals surface area contributed by atoms with E-state index in [4.69, 9.17) is 4.74 Å². The lowest BCUT2D eigenvalue weighted by molar-refractivity contribution is -0.116. The minimum absolute atomic E-state index is 0.0613. The lowest BCUT2D eigenvalue weighted by Gasteiger charge is -2.12. The molecule has 0 aromatic heterocycles. The van der Waals surface area contributed by atoms with Crippen molar-refractivity contribution in [2.45, 2.75) is 25.2 Å². The molecule has 126 valence electrons. The number of benzene rings is 2. The van der Waals surface area contributed by atoms with Crippen LogP contribution in [-0.4, -0.2) is 20.9 Å². The molecule has 1 aliphatic heterocycles. The molecule has 0 saturated carbocycles. The summed E-state index contributed by atoms with van der Waals surface area (Å²) in [5.41, 5.74) is 2.80. The van der Waals surface area contributed by atoms with Crippen molar-refractivity contribution in [3.8, 4) is 5.75 Å². The number of sulfonamides is 1. The van der Waals surface area contributed by atoms with Crippen LogP contribution in [0.3, 0.4) is 0 Å². The summed E-state index contributed by atoms with van der Waals surface area (Å²) in [6.07, 6.45) is 0.234. The van der Waals surface area contributed by atoms with E-state index in [2.05, 4.69) is 10.0 Å². The summed E-state index contributed by atoms with van der Waals surface area (Å²) >= 11 is 0. The quantitative estimate of drug-likeness (QED) is 0.895. The first-order valence-corrected chi connectivity index (χ1v) is 9.00. The van der Waals surface area contributed by atoms with Gasteiger partial charge in [-0.05, 0) is 55.3 Å². The molecule has 1 heterocycles. The Kier molecular flexibility index (Phi) is 4.19. The van der Waals surface area contributed by atoms with Crippen molar-refractivity contribution >= 4 is 27.3 Å². The number of ether oxygens (including phenoxy) is 1. The van der Waals surface area contributed by atoms with Gasteiger partial charge in [0.2, 0.25) is 5.91 Å². The molecule has 0 saturated heterocycles. The van der Waals surface area contributed by atoms with Crippen molar-refractivity contribution in [1.29, 1.82) is 0 Å². The van der Waals surface area contributed by atoms with E-state index in [-0.39, 0.29) is 23.8 Å². The molecule has 1 amide bonds. The van der Waals surface area contributed by atoms with Crippen LogP contribution in [0, 0.1) is 13.8 Å². The SMILES string of the molecule is Cc1cc(C)cc(NS(=O)(=O)c2ccc3c(c2)NC(=O)CCO3)c1. The van der Waals surface area contributed by atoms with Crippen molar-refractivity contribution in [3.63, 3.8) is 0 Å². The van der Waals surface area contributed by atoms with Crippen molar-refractivity contribution in [3.05, 3.63) is 47.5 Å². The monoisotopic (exact) mass is 346 g/mol. The molecule has 0 spiro atoms. The molecule has 3 rings (SSSR count). The number of hydrogen-bond donors (Lipinski definition) is 2. The van der Waals surface area contributed by atoms with E-state index in [9.17, 15) is 13.2 Å². The largest absolute Gasteiger partial charge is 0.491 e. The van der Waals surface area contributed by atoms with Crippen LogP contribution in [0.5, 0.6) is 5.75 Å². The number of hydrogen-bond acceptors (Lipinski definition) is 4. The van der Waals surface area contributed by atoms with Crippen LogP contribution in [0.15, 0.2) is 41.3 Å². The molecule has 0 atom stereocenters. The lowest BCUT2D eigenvalue weighted by Crippen LogP contribution is -2.14. The number of nitrogens with one attached hydrogen (secondary N) is 2. The van der Waals surface area contributed by atoms with Crippen LogP contribution in [0.1, 0.15) is 17.5 Å². The van der Waals surface area contributed by atoms with E-state index in [1.165, 1.54) is 12.1 Å². The van der Waals surface area contributed by atoms with Gasteiger partial charge in [0.15, 0.2) is 0 Å². The Morgan fingerprint density at radius 1 is 1.08 bits per heavy atom. The first kappa shape index (κ1) is 16.3. The molecular formula is C17H18N2O4S. The first-order valence-electron chi connectivity index (χ1n) is 7.51. The average molecular weight is 346 g/mol. The van der Waals surface area contributed by atoms with Crippen LogP contribution >= 0.6 is 0 Å². The highest BCUT2D eigenvalue weighted by molar-refractivity contribution is 7.92. The average Bonchev–Trinajstić information content (AvgIpc) is 2.65. The van der Waals surface area contributed by atoms with Crippen molar-refractivity contribution in [2.24, 2.45) is 0 Å². The third-order valence-electron chi connectivity index (χ3n) is 3.60. The number of carbonyl (C=O) groups is 1. The molecule has 7 heteroatoms. The van der Waals surface area contributed by atoms with E-state index in [1.54, 1.807) is 18.2 Å². The lowest BCUT2D eigenvalue weighted by atomic mass is 10.1. The molecule has 0 unspecified atom stereocenters. The van der Waals surface area contributed by atoms with Crippen LogP contribution < -0.4 is 14.8 Å². The second-order valence-electron chi connectivity index (χ2n) is 5.79. The van der Waals surface area contributed by atoms with Gasteiger partial charge < -0.3 is 10.1 Å². The maximum absolute atomic E-state index is 12.6. The second kappa shape index (κ2) is 6.16. The van der Waals surface area contributed by atoms with E-state index < -0.39 is 10.0 Å². The first-order chi connectivity index (χ1) is 11.3. The van der Waals surface area contributed by atoms with Gasteiger partial charge in [0.1, 0.15) is 5.75 Å². The second-order valence-corrected chi connectivity index (χ2v) is 7.47. The number of carbonyl (C=O) groups excluding carboxylic acids is 1. The normalized spacial score (nSPS) is 14.2. The van der Waals surface area contributed by atoms with Crippen molar-refractivity contribution < 1.29 is 17.9 Å². The molecule has 1 aliphatic rings. The van der Waals surface area contributed by atoms with Gasteiger partial charge in [-0.15, -0.1) is 0 Å². The summed E-state index contributed by atoms with van der Waals surface area (Å²) in [5, 5.41) is 2.66. The Hall–Kier alpha value is -2.54. The maximum Gasteiger partial charge on any atom is 0.261 e. The van der Waals surface area contributed by atoms with E-state index in [1.807, 2.05) is 19.9 Å². The summed E-state index contributed by atoms with van der Waals surface area (Å²) in [7, 11) is -3.77. The van der Waals surface area contributed by atoms with Crippen LogP contribution in [0.25, 0.3) is 0 Å². The molecule has 0 aliphatic carbocycles. The number of amides is 1. The number of fused-ring (bicyclic) bond motifs is 1. The Bertz CT molecular complexity index is 887. The molecule has 0 fully saturated rings. The van der Waals surface area contributed by atoms with Gasteiger partial charge in [0, 0.05) is 5.69 Å². The highest BCUT2D eigenvalue weighted by Gasteiger charge is 2.20. The Labute approximate surface area is 140 Å². The molecule has 6 nitrogen and oxygen atoms in total. The van der Waals surface area contributed by atoms with Gasteiger partial charge in [-0.3, -0.25) is 9.52 Å². The minimum atomic E-state index is -3.77. The van der Waals surface area contributed by atoms with Crippen LogP contribution in [0.2, 0.25) is 0 Å². The number of rotatable bonds is 3. The standard InChI is InChI=1S/C17H18N2O4S/c1-11-7-12(2)9-13(8-11)19-24(21,22)14-3-4-16-15(10-14)18-17(20)5-6-23-16/h3-4,7-10,19H,5-6H2,1-2H3,(H,18,20).